The lowest BCUT2D eigenvalue weighted by atomic mass is 10.1. The van der Waals surface area contributed by atoms with Crippen LogP contribution in [0.2, 0.25) is 5.02 Å². The van der Waals surface area contributed by atoms with E-state index in [0.717, 1.165) is 21.2 Å². The second-order valence-electron chi connectivity index (χ2n) is 7.14. The molecule has 0 spiro atoms. The number of amides is 1. The molecule has 0 fully saturated rings. The summed E-state index contributed by atoms with van der Waals surface area (Å²) in [5, 5.41) is 4.02. The van der Waals surface area contributed by atoms with Gasteiger partial charge in [0.25, 0.3) is 15.9 Å². The van der Waals surface area contributed by atoms with E-state index in [9.17, 15) is 13.2 Å². The molecule has 2 N–H and O–H groups in total. The Labute approximate surface area is 189 Å². The Bertz CT molecular complexity index is 1390. The largest absolute Gasteiger partial charge is 0.321 e. The molecule has 0 radical (unpaired) electrons. The molecule has 1 heterocycles. The van der Waals surface area contributed by atoms with Crippen molar-refractivity contribution in [2.24, 2.45) is 0 Å². The number of sulfonamides is 1. The van der Waals surface area contributed by atoms with Gasteiger partial charge < -0.3 is 5.32 Å². The summed E-state index contributed by atoms with van der Waals surface area (Å²) in [5.41, 5.74) is 2.90. The number of fused-ring (bicyclic) bond motifs is 1. The van der Waals surface area contributed by atoms with Crippen LogP contribution in [0, 0.1) is 13.8 Å². The van der Waals surface area contributed by atoms with Crippen LogP contribution in [0.4, 0.5) is 11.4 Å². The monoisotopic (exact) mass is 470 g/mol. The van der Waals surface area contributed by atoms with E-state index in [1.54, 1.807) is 18.2 Å². The van der Waals surface area contributed by atoms with Crippen LogP contribution in [0.3, 0.4) is 0 Å². The van der Waals surface area contributed by atoms with E-state index < -0.39 is 10.0 Å². The molecule has 31 heavy (non-hydrogen) atoms. The van der Waals surface area contributed by atoms with Gasteiger partial charge >= 0.3 is 0 Å². The minimum Gasteiger partial charge on any atom is -0.321 e. The van der Waals surface area contributed by atoms with Gasteiger partial charge in [-0.1, -0.05) is 47.5 Å². The molecule has 0 aliphatic rings. The molecule has 1 aromatic heterocycles. The van der Waals surface area contributed by atoms with Crippen molar-refractivity contribution in [1.82, 2.24) is 0 Å². The smallest absolute Gasteiger partial charge is 0.267 e. The molecule has 8 heteroatoms. The molecule has 4 rings (SSSR count). The second kappa shape index (κ2) is 8.34. The zero-order chi connectivity index (χ0) is 22.2. The highest BCUT2D eigenvalue weighted by Gasteiger charge is 2.18. The van der Waals surface area contributed by atoms with Gasteiger partial charge in [-0.05, 0) is 55.8 Å². The lowest BCUT2D eigenvalue weighted by molar-refractivity contribution is 0.103. The van der Waals surface area contributed by atoms with Crippen LogP contribution < -0.4 is 10.0 Å². The third-order valence-corrected chi connectivity index (χ3v) is 7.85. The summed E-state index contributed by atoms with van der Waals surface area (Å²) in [5.74, 6) is -0.338. The summed E-state index contributed by atoms with van der Waals surface area (Å²) >= 11 is 7.68. The van der Waals surface area contributed by atoms with Crippen LogP contribution in [0.1, 0.15) is 20.8 Å². The Hall–Kier alpha value is -2.87. The van der Waals surface area contributed by atoms with Crippen molar-refractivity contribution < 1.29 is 13.2 Å². The number of halogens is 1. The summed E-state index contributed by atoms with van der Waals surface area (Å²) < 4.78 is 29.0. The van der Waals surface area contributed by atoms with Gasteiger partial charge in [0.1, 0.15) is 4.88 Å². The van der Waals surface area contributed by atoms with Crippen molar-refractivity contribution in [3.05, 3.63) is 87.8 Å². The lowest BCUT2D eigenvalue weighted by Gasteiger charge is -2.12. The van der Waals surface area contributed by atoms with Crippen molar-refractivity contribution >= 4 is 60.3 Å². The van der Waals surface area contributed by atoms with Gasteiger partial charge in [0.15, 0.2) is 0 Å². The fourth-order valence-electron chi connectivity index (χ4n) is 3.20. The van der Waals surface area contributed by atoms with Gasteiger partial charge in [-0.15, -0.1) is 11.3 Å². The van der Waals surface area contributed by atoms with Crippen LogP contribution in [0.15, 0.2) is 71.6 Å². The molecule has 4 aromatic rings. The van der Waals surface area contributed by atoms with Crippen LogP contribution in [0.5, 0.6) is 0 Å². The predicted molar refractivity (Wildman–Crippen MR) is 128 cm³/mol. The zero-order valence-electron chi connectivity index (χ0n) is 16.8. The first-order valence-electron chi connectivity index (χ1n) is 9.43. The molecule has 0 aliphatic heterocycles. The zero-order valence-corrected chi connectivity index (χ0v) is 19.2. The number of anilines is 2. The minimum absolute atomic E-state index is 0.102. The SMILES string of the molecule is Cc1ccc(NS(=O)(=O)c2ccc(NC(=O)c3sc4ccccc4c3Cl)cc2)c(C)c1. The molecule has 1 amide bonds. The van der Waals surface area contributed by atoms with Crippen LogP contribution in [-0.4, -0.2) is 14.3 Å². The van der Waals surface area contributed by atoms with E-state index in [-0.39, 0.29) is 10.8 Å². The first-order chi connectivity index (χ1) is 14.7. The molecule has 5 nitrogen and oxygen atoms in total. The van der Waals surface area contributed by atoms with Crippen LogP contribution in [-0.2, 0) is 10.0 Å². The van der Waals surface area contributed by atoms with Gasteiger partial charge in [0.2, 0.25) is 0 Å². The standard InChI is InChI=1S/C23H19ClN2O3S2/c1-14-7-12-19(15(2)13-14)26-31(28,29)17-10-8-16(9-11-17)25-23(27)22-21(24)18-5-3-4-6-20(18)30-22/h3-13,26H,1-2H3,(H,25,27). The summed E-state index contributed by atoms with van der Waals surface area (Å²) in [6.45, 7) is 3.80. The highest BCUT2D eigenvalue weighted by atomic mass is 35.5. The molecule has 0 bridgehead atoms. The molecule has 0 aliphatic carbocycles. The van der Waals surface area contributed by atoms with E-state index in [1.807, 2.05) is 50.2 Å². The Morgan fingerprint density at radius 1 is 0.968 bits per heavy atom. The first kappa shape index (κ1) is 21.4. The Kier molecular flexibility index (Phi) is 5.75. The molecule has 0 atom stereocenters. The third-order valence-electron chi connectivity index (χ3n) is 4.79. The van der Waals surface area contributed by atoms with Crippen molar-refractivity contribution in [1.29, 1.82) is 0 Å². The minimum atomic E-state index is -3.75. The van der Waals surface area contributed by atoms with Gasteiger partial charge in [0.05, 0.1) is 15.6 Å². The number of hydrogen-bond acceptors (Lipinski definition) is 4. The average molecular weight is 471 g/mol. The van der Waals surface area contributed by atoms with E-state index in [1.165, 1.54) is 23.5 Å². The normalized spacial score (nSPS) is 11.5. The maximum atomic E-state index is 12.7. The molecular formula is C23H19ClN2O3S2. The van der Waals surface area contributed by atoms with E-state index in [2.05, 4.69) is 10.0 Å². The van der Waals surface area contributed by atoms with Crippen molar-refractivity contribution in [2.45, 2.75) is 18.7 Å². The maximum Gasteiger partial charge on any atom is 0.267 e. The average Bonchev–Trinajstić information content (AvgIpc) is 3.07. The summed E-state index contributed by atoms with van der Waals surface area (Å²) in [7, 11) is -3.75. The van der Waals surface area contributed by atoms with Crippen molar-refractivity contribution in [3.8, 4) is 0 Å². The number of rotatable bonds is 5. The number of hydrogen-bond donors (Lipinski definition) is 2. The second-order valence-corrected chi connectivity index (χ2v) is 10.3. The van der Waals surface area contributed by atoms with E-state index >= 15 is 0 Å². The van der Waals surface area contributed by atoms with E-state index in [0.29, 0.717) is 21.3 Å². The number of carbonyl (C=O) groups excluding carboxylic acids is 1. The topological polar surface area (TPSA) is 75.3 Å². The van der Waals surface area contributed by atoms with Crippen LogP contribution >= 0.6 is 22.9 Å². The van der Waals surface area contributed by atoms with Gasteiger partial charge in [-0.2, -0.15) is 0 Å². The number of benzene rings is 3. The highest BCUT2D eigenvalue weighted by Crippen LogP contribution is 2.35. The molecular weight excluding hydrogens is 452 g/mol. The number of nitrogens with one attached hydrogen (secondary N) is 2. The van der Waals surface area contributed by atoms with Crippen LogP contribution in [0.25, 0.3) is 10.1 Å². The van der Waals surface area contributed by atoms with Crippen molar-refractivity contribution in [3.63, 3.8) is 0 Å². The number of thiophene rings is 1. The first-order valence-corrected chi connectivity index (χ1v) is 12.1. The molecule has 158 valence electrons. The fraction of sp³-hybridized carbons (Fsp3) is 0.0870. The summed E-state index contributed by atoms with van der Waals surface area (Å²) in [4.78, 5) is 13.2. The van der Waals surface area contributed by atoms with Gasteiger partial charge in [-0.25, -0.2) is 8.42 Å². The molecule has 3 aromatic carbocycles. The summed E-state index contributed by atoms with van der Waals surface area (Å²) in [6, 6.07) is 19.0. The Morgan fingerprint density at radius 3 is 2.35 bits per heavy atom. The predicted octanol–water partition coefficient (Wildman–Crippen LogP) is 6.22. The fourth-order valence-corrected chi connectivity index (χ4v) is 5.74. The Balaban J connectivity index is 1.52. The molecule has 0 saturated heterocycles. The number of aryl methyl sites for hydroxylation is 2. The third kappa shape index (κ3) is 4.44. The van der Waals surface area contributed by atoms with E-state index in [4.69, 9.17) is 11.6 Å². The van der Waals surface area contributed by atoms with Gasteiger partial charge in [0, 0.05) is 15.8 Å². The molecule has 0 unspecified atom stereocenters. The quantitative estimate of drug-likeness (QED) is 0.363. The highest BCUT2D eigenvalue weighted by molar-refractivity contribution is 7.92. The maximum absolute atomic E-state index is 12.7. The Morgan fingerprint density at radius 2 is 1.68 bits per heavy atom. The summed E-state index contributed by atoms with van der Waals surface area (Å²) in [6.07, 6.45) is 0. The lowest BCUT2D eigenvalue weighted by Crippen LogP contribution is -2.14. The van der Waals surface area contributed by atoms with Crippen molar-refractivity contribution in [2.75, 3.05) is 10.0 Å². The molecule has 0 saturated carbocycles. The van der Waals surface area contributed by atoms with Gasteiger partial charge in [-0.3, -0.25) is 9.52 Å². The number of carbonyl (C=O) groups is 1.